The minimum Gasteiger partial charge on any atom is -0.372 e. The first-order chi connectivity index (χ1) is 10.3. The maximum Gasteiger partial charge on any atom is 0.141 e. The summed E-state index contributed by atoms with van der Waals surface area (Å²) in [6.07, 6.45) is 0. The number of amidine groups is 1. The van der Waals surface area contributed by atoms with E-state index in [-0.39, 0.29) is 0 Å². The van der Waals surface area contributed by atoms with Crippen molar-refractivity contribution < 1.29 is 0 Å². The van der Waals surface area contributed by atoms with Gasteiger partial charge in [0.05, 0.1) is 0 Å². The van der Waals surface area contributed by atoms with Gasteiger partial charge in [-0.05, 0) is 45.1 Å². The van der Waals surface area contributed by atoms with Crippen molar-refractivity contribution in [3.05, 3.63) is 60.2 Å². The van der Waals surface area contributed by atoms with Gasteiger partial charge in [0.25, 0.3) is 0 Å². The summed E-state index contributed by atoms with van der Waals surface area (Å²) < 4.78 is 4.06. The Bertz CT molecular complexity index is 973. The maximum atomic E-state index is 4.08. The van der Waals surface area contributed by atoms with E-state index < -0.39 is 0 Å². The van der Waals surface area contributed by atoms with Crippen molar-refractivity contribution in [2.45, 2.75) is 0 Å². The van der Waals surface area contributed by atoms with Crippen LogP contribution in [0.1, 0.15) is 5.56 Å². The van der Waals surface area contributed by atoms with Gasteiger partial charge in [-0.1, -0.05) is 54.6 Å². The van der Waals surface area contributed by atoms with E-state index in [0.29, 0.717) is 0 Å². The Kier molecular flexibility index (Phi) is 2.76. The molecular formula is C18H14N2S. The molecule has 0 atom stereocenters. The zero-order valence-corrected chi connectivity index (χ0v) is 12.5. The summed E-state index contributed by atoms with van der Waals surface area (Å²) >= 11 is 4.08. The molecule has 0 aliphatic carbocycles. The van der Waals surface area contributed by atoms with Crippen molar-refractivity contribution in [2.75, 3.05) is 7.05 Å². The van der Waals surface area contributed by atoms with Crippen LogP contribution in [0, 0.1) is 0 Å². The highest BCUT2D eigenvalue weighted by molar-refractivity contribution is 7.79. The molecule has 0 saturated heterocycles. The summed E-state index contributed by atoms with van der Waals surface area (Å²) in [6.45, 7) is 0. The van der Waals surface area contributed by atoms with Gasteiger partial charge in [-0.15, -0.1) is 0 Å². The third-order valence-electron chi connectivity index (χ3n) is 4.12. The van der Waals surface area contributed by atoms with Gasteiger partial charge in [0.15, 0.2) is 0 Å². The van der Waals surface area contributed by atoms with E-state index in [1.165, 1.54) is 32.3 Å². The van der Waals surface area contributed by atoms with Gasteiger partial charge in [0.1, 0.15) is 5.84 Å². The molecule has 4 aromatic carbocycles. The summed E-state index contributed by atoms with van der Waals surface area (Å²) in [7, 11) is 1.87. The lowest BCUT2D eigenvalue weighted by Gasteiger charge is -2.14. The topological polar surface area (TPSA) is 24.4 Å². The van der Waals surface area contributed by atoms with Crippen LogP contribution in [0.5, 0.6) is 0 Å². The lowest BCUT2D eigenvalue weighted by Crippen LogP contribution is -2.19. The fourth-order valence-corrected chi connectivity index (χ4v) is 3.39. The summed E-state index contributed by atoms with van der Waals surface area (Å²) in [5.41, 5.74) is 1.08. The molecule has 4 rings (SSSR count). The van der Waals surface area contributed by atoms with Crippen molar-refractivity contribution in [3.8, 4) is 0 Å². The summed E-state index contributed by atoms with van der Waals surface area (Å²) in [5.74, 6) is 0.788. The van der Waals surface area contributed by atoms with Gasteiger partial charge in [0, 0.05) is 12.6 Å². The minimum absolute atomic E-state index is 0.788. The molecule has 0 bridgehead atoms. The molecule has 3 heteroatoms. The van der Waals surface area contributed by atoms with Crippen LogP contribution in [-0.2, 0) is 0 Å². The molecule has 0 amide bonds. The van der Waals surface area contributed by atoms with Gasteiger partial charge in [-0.3, -0.25) is 0 Å². The van der Waals surface area contributed by atoms with Gasteiger partial charge >= 0.3 is 0 Å². The predicted molar refractivity (Wildman–Crippen MR) is 94.7 cm³/mol. The highest BCUT2D eigenvalue weighted by Crippen LogP contribution is 2.35. The Morgan fingerprint density at radius 3 is 2.14 bits per heavy atom. The molecule has 1 N–H and O–H groups in total. The number of benzene rings is 4. The Hall–Kier alpha value is -2.26. The molecular weight excluding hydrogens is 276 g/mol. The zero-order valence-electron chi connectivity index (χ0n) is 11.6. The standard InChI is InChI=1S/C18H14N2S/c1-19-18(20-21)15-10-8-13-6-5-11-3-2-4-12-7-9-14(15)17(13)16(11)12/h2-10,21H,1H3,(H,19,20). The first kappa shape index (κ1) is 12.5. The zero-order chi connectivity index (χ0) is 14.4. The van der Waals surface area contributed by atoms with Crippen molar-refractivity contribution in [3.63, 3.8) is 0 Å². The average molecular weight is 290 g/mol. The van der Waals surface area contributed by atoms with Crippen molar-refractivity contribution in [2.24, 2.45) is 4.40 Å². The molecule has 4 aromatic rings. The van der Waals surface area contributed by atoms with Gasteiger partial charge < -0.3 is 5.32 Å². The number of hydrogen-bond acceptors (Lipinski definition) is 2. The largest absolute Gasteiger partial charge is 0.372 e. The Balaban J connectivity index is 2.26. The highest BCUT2D eigenvalue weighted by Gasteiger charge is 2.12. The van der Waals surface area contributed by atoms with Gasteiger partial charge in [-0.2, -0.15) is 0 Å². The number of rotatable bonds is 1. The van der Waals surface area contributed by atoms with Crippen LogP contribution in [0.2, 0.25) is 0 Å². The molecule has 0 unspecified atom stereocenters. The van der Waals surface area contributed by atoms with Crippen LogP contribution in [-0.4, -0.2) is 12.9 Å². The minimum atomic E-state index is 0.788. The summed E-state index contributed by atoms with van der Waals surface area (Å²) in [4.78, 5) is 0. The van der Waals surface area contributed by atoms with Crippen LogP contribution >= 0.6 is 12.8 Å². The average Bonchev–Trinajstić information content (AvgIpc) is 2.55. The van der Waals surface area contributed by atoms with Gasteiger partial charge in [0.2, 0.25) is 0 Å². The van der Waals surface area contributed by atoms with E-state index in [9.17, 15) is 0 Å². The molecule has 0 spiro atoms. The molecule has 0 saturated carbocycles. The van der Waals surface area contributed by atoms with E-state index in [0.717, 1.165) is 11.4 Å². The lowest BCUT2D eigenvalue weighted by molar-refractivity contribution is 1.18. The van der Waals surface area contributed by atoms with Crippen molar-refractivity contribution >= 4 is 51.0 Å². The number of nitrogens with one attached hydrogen (secondary N) is 1. The molecule has 0 fully saturated rings. The molecule has 0 radical (unpaired) electrons. The second-order valence-electron chi connectivity index (χ2n) is 5.17. The Morgan fingerprint density at radius 1 is 0.857 bits per heavy atom. The lowest BCUT2D eigenvalue weighted by atomic mass is 9.92. The van der Waals surface area contributed by atoms with E-state index in [1.807, 2.05) is 7.05 Å². The van der Waals surface area contributed by atoms with Crippen LogP contribution in [0.15, 0.2) is 59.0 Å². The fraction of sp³-hybridized carbons (Fsp3) is 0.0556. The second-order valence-corrected chi connectivity index (χ2v) is 5.37. The molecule has 0 aliphatic heterocycles. The number of thiol groups is 1. The van der Waals surface area contributed by atoms with E-state index >= 15 is 0 Å². The normalized spacial score (nSPS) is 12.6. The molecule has 0 aromatic heterocycles. The van der Waals surface area contributed by atoms with Crippen LogP contribution in [0.3, 0.4) is 0 Å². The molecule has 21 heavy (non-hydrogen) atoms. The van der Waals surface area contributed by atoms with Gasteiger partial charge in [-0.25, -0.2) is 4.40 Å². The fourth-order valence-electron chi connectivity index (χ4n) is 3.18. The maximum absolute atomic E-state index is 4.08. The van der Waals surface area contributed by atoms with Crippen molar-refractivity contribution in [1.82, 2.24) is 5.32 Å². The molecule has 2 nitrogen and oxygen atoms in total. The predicted octanol–water partition coefficient (Wildman–Crippen LogP) is 4.39. The third kappa shape index (κ3) is 1.71. The monoisotopic (exact) mass is 290 g/mol. The van der Waals surface area contributed by atoms with E-state index in [2.05, 4.69) is 77.1 Å². The smallest absolute Gasteiger partial charge is 0.141 e. The van der Waals surface area contributed by atoms with E-state index in [4.69, 9.17) is 0 Å². The van der Waals surface area contributed by atoms with Crippen LogP contribution < -0.4 is 5.32 Å². The van der Waals surface area contributed by atoms with Crippen LogP contribution in [0.4, 0.5) is 0 Å². The highest BCUT2D eigenvalue weighted by atomic mass is 32.1. The number of hydrogen-bond donors (Lipinski definition) is 2. The first-order valence-corrected chi connectivity index (χ1v) is 7.30. The van der Waals surface area contributed by atoms with Crippen LogP contribution in [0.25, 0.3) is 32.3 Å². The summed E-state index contributed by atoms with van der Waals surface area (Å²) in [5, 5.41) is 10.8. The molecule has 0 heterocycles. The quantitative estimate of drug-likeness (QED) is 0.231. The molecule has 0 aliphatic rings. The third-order valence-corrected chi connectivity index (χ3v) is 4.32. The SMILES string of the molecule is CN/C(=N\S)c1ccc2ccc3cccc4ccc1c2c34. The summed E-state index contributed by atoms with van der Waals surface area (Å²) in [6, 6.07) is 19.4. The molecule has 102 valence electrons. The van der Waals surface area contributed by atoms with Crippen molar-refractivity contribution in [1.29, 1.82) is 0 Å². The Morgan fingerprint density at radius 2 is 1.48 bits per heavy atom. The first-order valence-electron chi connectivity index (χ1n) is 6.90. The Labute approximate surface area is 128 Å². The second kappa shape index (κ2) is 4.64. The van der Waals surface area contributed by atoms with E-state index in [1.54, 1.807) is 0 Å². The number of nitrogens with zero attached hydrogens (tertiary/aromatic N) is 1.